The molecule has 0 fully saturated rings. The number of fused-ring (bicyclic) bond motifs is 13. The van der Waals surface area contributed by atoms with Crippen molar-refractivity contribution in [2.24, 2.45) is 0 Å². The van der Waals surface area contributed by atoms with Crippen LogP contribution in [0.3, 0.4) is 0 Å². The molecule has 3 heterocycles. The van der Waals surface area contributed by atoms with Crippen LogP contribution in [0.25, 0.3) is 132 Å². The molecule has 4 heteroatoms. The standard InChI is InChI=1S/C64H40N4/c1-3-15-41(16-4-1)42-31-34-47(35-32-42)67-59-25-13-11-23-53(59)55-37-38-56-54-24-12-14-26-60(54)68(63(56)62(55)67)61-40-58(65-64(66-61)45-17-5-2-6-18-45)44-29-27-43(28-30-44)46-33-36-52-50-21-8-7-19-48(50)49-20-9-10-22-51(49)57(52)39-46/h1-40H. The highest BCUT2D eigenvalue weighted by Crippen LogP contribution is 2.43. The second-order valence-electron chi connectivity index (χ2n) is 17.7. The number of benzene rings is 11. The number of hydrogen-bond donors (Lipinski definition) is 0. The van der Waals surface area contributed by atoms with Gasteiger partial charge in [0.05, 0.1) is 27.8 Å². The van der Waals surface area contributed by atoms with Crippen LogP contribution in [0.15, 0.2) is 243 Å². The van der Waals surface area contributed by atoms with Crippen LogP contribution in [-0.4, -0.2) is 19.1 Å². The normalized spacial score (nSPS) is 11.8. The Morgan fingerprint density at radius 1 is 0.250 bits per heavy atom. The Labute approximate surface area is 392 Å². The number of nitrogens with zero attached hydrogens (tertiary/aromatic N) is 4. The third-order valence-electron chi connectivity index (χ3n) is 13.9. The Hall–Kier alpha value is -9.12. The van der Waals surface area contributed by atoms with Crippen LogP contribution < -0.4 is 0 Å². The van der Waals surface area contributed by atoms with Crippen molar-refractivity contribution in [3.05, 3.63) is 243 Å². The Morgan fingerprint density at radius 2 is 0.662 bits per heavy atom. The zero-order valence-electron chi connectivity index (χ0n) is 36.9. The van der Waals surface area contributed by atoms with E-state index in [2.05, 4.69) is 246 Å². The van der Waals surface area contributed by atoms with Crippen LogP contribution in [0.2, 0.25) is 0 Å². The first-order valence-corrected chi connectivity index (χ1v) is 23.2. The zero-order chi connectivity index (χ0) is 44.7. The minimum atomic E-state index is 0.672. The van der Waals surface area contributed by atoms with Gasteiger partial charge in [-0.2, -0.15) is 0 Å². The molecule has 0 N–H and O–H groups in total. The molecule has 0 amide bonds. The van der Waals surface area contributed by atoms with E-state index >= 15 is 0 Å². The van der Waals surface area contributed by atoms with Crippen molar-refractivity contribution >= 4 is 75.9 Å². The van der Waals surface area contributed by atoms with Crippen LogP contribution in [0.1, 0.15) is 0 Å². The van der Waals surface area contributed by atoms with Crippen LogP contribution in [0, 0.1) is 0 Å². The molecule has 0 radical (unpaired) electrons. The SMILES string of the molecule is c1ccc(-c2ccc(-n3c4ccccc4c4ccc5c6ccccc6n(-c6cc(-c7ccc(-c8ccc9c%10ccccc%10c%10ccccc%10c9c8)cc7)nc(-c7ccccc7)n6)c5c43)cc2)cc1. The van der Waals surface area contributed by atoms with Gasteiger partial charge in [-0.05, 0) is 84.9 Å². The summed E-state index contributed by atoms with van der Waals surface area (Å²) in [5.74, 6) is 1.48. The summed E-state index contributed by atoms with van der Waals surface area (Å²) in [6.07, 6.45) is 0. The fourth-order valence-corrected chi connectivity index (χ4v) is 10.8. The smallest absolute Gasteiger partial charge is 0.162 e. The van der Waals surface area contributed by atoms with E-state index in [1.54, 1.807) is 0 Å². The molecule has 4 nitrogen and oxygen atoms in total. The molecule has 0 atom stereocenters. The summed E-state index contributed by atoms with van der Waals surface area (Å²) < 4.78 is 4.81. The second kappa shape index (κ2) is 15.2. The maximum Gasteiger partial charge on any atom is 0.162 e. The number of para-hydroxylation sites is 2. The minimum absolute atomic E-state index is 0.672. The highest BCUT2D eigenvalue weighted by molar-refractivity contribution is 6.26. The monoisotopic (exact) mass is 864 g/mol. The Morgan fingerprint density at radius 3 is 1.28 bits per heavy atom. The maximum absolute atomic E-state index is 5.46. The average Bonchev–Trinajstić information content (AvgIpc) is 3.94. The summed E-state index contributed by atoms with van der Waals surface area (Å²) in [6, 6.07) is 87.5. The fraction of sp³-hybridized carbons (Fsp3) is 0. The predicted octanol–water partition coefficient (Wildman–Crippen LogP) is 16.8. The highest BCUT2D eigenvalue weighted by Gasteiger charge is 2.23. The zero-order valence-corrected chi connectivity index (χ0v) is 36.9. The van der Waals surface area contributed by atoms with E-state index in [-0.39, 0.29) is 0 Å². The van der Waals surface area contributed by atoms with E-state index in [0.717, 1.165) is 56.0 Å². The third-order valence-corrected chi connectivity index (χ3v) is 13.9. The highest BCUT2D eigenvalue weighted by atomic mass is 15.1. The molecule has 0 bridgehead atoms. The van der Waals surface area contributed by atoms with E-state index in [1.165, 1.54) is 70.6 Å². The molecule has 14 aromatic rings. The molecule has 0 saturated carbocycles. The molecule has 11 aromatic carbocycles. The first-order valence-electron chi connectivity index (χ1n) is 23.2. The summed E-state index contributed by atoms with van der Waals surface area (Å²) in [7, 11) is 0. The van der Waals surface area contributed by atoms with Gasteiger partial charge in [-0.25, -0.2) is 9.97 Å². The van der Waals surface area contributed by atoms with E-state index in [9.17, 15) is 0 Å². The van der Waals surface area contributed by atoms with Crippen molar-refractivity contribution in [2.75, 3.05) is 0 Å². The number of aromatic nitrogens is 4. The van der Waals surface area contributed by atoms with E-state index in [1.807, 2.05) is 6.07 Å². The van der Waals surface area contributed by atoms with Gasteiger partial charge in [0.25, 0.3) is 0 Å². The molecule has 0 unspecified atom stereocenters. The summed E-state index contributed by atoms with van der Waals surface area (Å²) >= 11 is 0. The Bertz CT molecular complexity index is 4240. The molecule has 0 aliphatic carbocycles. The van der Waals surface area contributed by atoms with Crippen molar-refractivity contribution in [2.45, 2.75) is 0 Å². The van der Waals surface area contributed by atoms with Crippen molar-refractivity contribution in [3.63, 3.8) is 0 Å². The molecular weight excluding hydrogens is 825 g/mol. The van der Waals surface area contributed by atoms with Crippen LogP contribution >= 0.6 is 0 Å². The van der Waals surface area contributed by atoms with Gasteiger partial charge >= 0.3 is 0 Å². The lowest BCUT2D eigenvalue weighted by atomic mass is 9.92. The Balaban J connectivity index is 0.971. The lowest BCUT2D eigenvalue weighted by molar-refractivity contribution is 1.05. The minimum Gasteiger partial charge on any atom is -0.307 e. The van der Waals surface area contributed by atoms with Crippen LogP contribution in [0.4, 0.5) is 0 Å². The summed E-state index contributed by atoms with van der Waals surface area (Å²) in [5, 5.41) is 12.4. The first-order chi connectivity index (χ1) is 33.7. The lowest BCUT2D eigenvalue weighted by Crippen LogP contribution is -2.04. The van der Waals surface area contributed by atoms with Gasteiger partial charge in [0.2, 0.25) is 0 Å². The van der Waals surface area contributed by atoms with Crippen molar-refractivity contribution in [3.8, 4) is 56.4 Å². The van der Waals surface area contributed by atoms with Crippen molar-refractivity contribution < 1.29 is 0 Å². The Kier molecular flexibility index (Phi) is 8.55. The molecule has 316 valence electrons. The van der Waals surface area contributed by atoms with Gasteiger partial charge in [-0.15, -0.1) is 0 Å². The van der Waals surface area contributed by atoms with Gasteiger partial charge < -0.3 is 4.57 Å². The van der Waals surface area contributed by atoms with E-state index < -0.39 is 0 Å². The predicted molar refractivity (Wildman–Crippen MR) is 285 cm³/mol. The summed E-state index contributed by atoms with van der Waals surface area (Å²) in [6.45, 7) is 0. The molecule has 3 aromatic heterocycles. The van der Waals surface area contributed by atoms with Gasteiger partial charge in [-0.1, -0.05) is 206 Å². The second-order valence-corrected chi connectivity index (χ2v) is 17.7. The van der Waals surface area contributed by atoms with Crippen molar-refractivity contribution in [1.82, 2.24) is 19.1 Å². The van der Waals surface area contributed by atoms with Gasteiger partial charge in [0.1, 0.15) is 5.82 Å². The van der Waals surface area contributed by atoms with E-state index in [0.29, 0.717) is 5.82 Å². The van der Waals surface area contributed by atoms with Crippen LogP contribution in [-0.2, 0) is 0 Å². The summed E-state index contributed by atoms with van der Waals surface area (Å²) in [4.78, 5) is 10.8. The summed E-state index contributed by atoms with van der Waals surface area (Å²) in [5.41, 5.74) is 13.1. The molecule has 0 aliphatic rings. The first kappa shape index (κ1) is 38.2. The topological polar surface area (TPSA) is 35.6 Å². The maximum atomic E-state index is 5.46. The molecule has 0 spiro atoms. The fourth-order valence-electron chi connectivity index (χ4n) is 10.8. The molecule has 0 aliphatic heterocycles. The molecule has 0 saturated heterocycles. The van der Waals surface area contributed by atoms with E-state index in [4.69, 9.17) is 9.97 Å². The third kappa shape index (κ3) is 5.94. The molecular formula is C64H40N4. The molecule has 14 rings (SSSR count). The van der Waals surface area contributed by atoms with Crippen molar-refractivity contribution in [1.29, 1.82) is 0 Å². The van der Waals surface area contributed by atoms with Gasteiger partial charge in [0, 0.05) is 44.4 Å². The molecule has 68 heavy (non-hydrogen) atoms. The average molecular weight is 865 g/mol. The number of rotatable bonds is 6. The van der Waals surface area contributed by atoms with Crippen LogP contribution in [0.5, 0.6) is 0 Å². The van der Waals surface area contributed by atoms with Gasteiger partial charge in [0.15, 0.2) is 5.82 Å². The largest absolute Gasteiger partial charge is 0.307 e. The van der Waals surface area contributed by atoms with Gasteiger partial charge in [-0.3, -0.25) is 4.57 Å². The number of hydrogen-bond acceptors (Lipinski definition) is 2. The quantitative estimate of drug-likeness (QED) is 0.156. The lowest BCUT2D eigenvalue weighted by Gasteiger charge is -2.15.